The third-order valence-electron chi connectivity index (χ3n) is 4.92. The van der Waals surface area contributed by atoms with Gasteiger partial charge in [0, 0.05) is 26.3 Å². The van der Waals surface area contributed by atoms with Gasteiger partial charge in [0.15, 0.2) is 18.1 Å². The molecule has 1 heterocycles. The lowest BCUT2D eigenvalue weighted by Crippen LogP contribution is -2.43. The van der Waals surface area contributed by atoms with Crippen LogP contribution in [0.1, 0.15) is 42.4 Å². The normalized spacial score (nSPS) is 15.3. The molecule has 0 fully saturated rings. The minimum atomic E-state index is -0.316. The van der Waals surface area contributed by atoms with Crippen LogP contribution < -0.4 is 14.8 Å². The molecular weight excluding hydrogens is 382 g/mol. The predicted octanol–water partition coefficient (Wildman–Crippen LogP) is 3.53. The van der Waals surface area contributed by atoms with E-state index in [1.807, 2.05) is 48.2 Å². The highest BCUT2D eigenvalue weighted by Gasteiger charge is 2.32. The Bertz CT molecular complexity index is 913. The molecule has 1 atom stereocenters. The highest BCUT2D eigenvalue weighted by molar-refractivity contribution is 6.01. The number of nitrogens with zero attached hydrogens (tertiary/aromatic N) is 2. The lowest BCUT2D eigenvalue weighted by Gasteiger charge is -2.38. The molecule has 0 aromatic heterocycles. The van der Waals surface area contributed by atoms with Crippen molar-refractivity contribution in [1.82, 2.24) is 9.80 Å². The Morgan fingerprint density at radius 2 is 1.87 bits per heavy atom. The molecule has 0 unspecified atom stereocenters. The minimum absolute atomic E-state index is 0.00562. The van der Waals surface area contributed by atoms with Crippen LogP contribution in [-0.4, -0.2) is 55.5 Å². The zero-order valence-electron chi connectivity index (χ0n) is 18.0. The fourth-order valence-electron chi connectivity index (χ4n) is 3.38. The van der Waals surface area contributed by atoms with Gasteiger partial charge in [0.2, 0.25) is 0 Å². The van der Waals surface area contributed by atoms with Gasteiger partial charge in [0.05, 0.1) is 12.2 Å². The molecular formula is C23H29N3O4. The van der Waals surface area contributed by atoms with Crippen LogP contribution in [0.3, 0.4) is 0 Å². The summed E-state index contributed by atoms with van der Waals surface area (Å²) in [4.78, 5) is 28.3. The quantitative estimate of drug-likeness (QED) is 0.720. The fraction of sp³-hybridized carbons (Fsp3) is 0.391. The maximum atomic E-state index is 13.1. The molecule has 7 nitrogen and oxygen atoms in total. The van der Waals surface area contributed by atoms with Crippen LogP contribution in [0.15, 0.2) is 42.5 Å². The first-order valence-corrected chi connectivity index (χ1v) is 10.2. The summed E-state index contributed by atoms with van der Waals surface area (Å²) in [6, 6.07) is 13.1. The topological polar surface area (TPSA) is 71.1 Å². The van der Waals surface area contributed by atoms with Crippen LogP contribution in [0, 0.1) is 0 Å². The van der Waals surface area contributed by atoms with E-state index in [1.165, 1.54) is 4.90 Å². The first kappa shape index (κ1) is 21.5. The lowest BCUT2D eigenvalue weighted by atomic mass is 10.0. The van der Waals surface area contributed by atoms with Crippen molar-refractivity contribution in [3.8, 4) is 11.5 Å². The molecule has 160 valence electrons. The van der Waals surface area contributed by atoms with Crippen molar-refractivity contribution in [3.05, 3.63) is 53.6 Å². The second-order valence-electron chi connectivity index (χ2n) is 7.31. The van der Waals surface area contributed by atoms with Gasteiger partial charge < -0.3 is 24.6 Å². The Morgan fingerprint density at radius 3 is 2.57 bits per heavy atom. The number of hydrogen-bond donors (Lipinski definition) is 1. The van der Waals surface area contributed by atoms with E-state index in [4.69, 9.17) is 9.47 Å². The number of nitrogens with one attached hydrogen (secondary N) is 1. The van der Waals surface area contributed by atoms with Crippen LogP contribution in [0.5, 0.6) is 11.5 Å². The van der Waals surface area contributed by atoms with Crippen LogP contribution in [0.25, 0.3) is 0 Å². The monoisotopic (exact) mass is 411 g/mol. The van der Waals surface area contributed by atoms with E-state index in [0.717, 1.165) is 17.7 Å². The van der Waals surface area contributed by atoms with Crippen LogP contribution in [-0.2, 0) is 4.79 Å². The summed E-state index contributed by atoms with van der Waals surface area (Å²) in [6.45, 7) is 4.96. The summed E-state index contributed by atoms with van der Waals surface area (Å²) in [5, 5.41) is 3.48. The van der Waals surface area contributed by atoms with Gasteiger partial charge >= 0.3 is 0 Å². The highest BCUT2D eigenvalue weighted by atomic mass is 16.5. The molecule has 0 spiro atoms. The van der Waals surface area contributed by atoms with E-state index in [9.17, 15) is 9.59 Å². The summed E-state index contributed by atoms with van der Waals surface area (Å²) in [5.74, 6) is 0.921. The van der Waals surface area contributed by atoms with Gasteiger partial charge in [0.1, 0.15) is 6.17 Å². The molecule has 0 radical (unpaired) electrons. The van der Waals surface area contributed by atoms with Crippen molar-refractivity contribution in [1.29, 1.82) is 0 Å². The molecule has 0 bridgehead atoms. The Hall–Kier alpha value is -3.22. The van der Waals surface area contributed by atoms with Gasteiger partial charge in [0.25, 0.3) is 11.8 Å². The smallest absolute Gasteiger partial charge is 0.259 e. The minimum Gasteiger partial charge on any atom is -0.490 e. The predicted molar refractivity (Wildman–Crippen MR) is 116 cm³/mol. The lowest BCUT2D eigenvalue weighted by molar-refractivity contribution is -0.130. The zero-order valence-corrected chi connectivity index (χ0v) is 18.0. The van der Waals surface area contributed by atoms with E-state index in [2.05, 4.69) is 12.2 Å². The van der Waals surface area contributed by atoms with E-state index >= 15 is 0 Å². The number of fused-ring (bicyclic) bond motifs is 1. The average molecular weight is 412 g/mol. The van der Waals surface area contributed by atoms with Crippen molar-refractivity contribution >= 4 is 17.5 Å². The highest BCUT2D eigenvalue weighted by Crippen LogP contribution is 2.37. The average Bonchev–Trinajstić information content (AvgIpc) is 2.74. The molecule has 2 aromatic rings. The van der Waals surface area contributed by atoms with Crippen LogP contribution >= 0.6 is 0 Å². The largest absolute Gasteiger partial charge is 0.490 e. The molecule has 1 N–H and O–H groups in total. The van der Waals surface area contributed by atoms with E-state index in [0.29, 0.717) is 30.2 Å². The van der Waals surface area contributed by atoms with Crippen LogP contribution in [0.4, 0.5) is 5.69 Å². The van der Waals surface area contributed by atoms with Gasteiger partial charge in [-0.2, -0.15) is 0 Å². The molecule has 7 heteroatoms. The number of ether oxygens (including phenoxy) is 2. The third-order valence-corrected chi connectivity index (χ3v) is 4.92. The van der Waals surface area contributed by atoms with E-state index in [1.54, 1.807) is 20.2 Å². The molecule has 0 saturated heterocycles. The second kappa shape index (κ2) is 9.52. The van der Waals surface area contributed by atoms with Crippen molar-refractivity contribution in [2.45, 2.75) is 26.4 Å². The maximum absolute atomic E-state index is 13.1. The Labute approximate surface area is 177 Å². The molecule has 2 amide bonds. The SMILES string of the molecule is CCCN1C(=O)c2ccccc2N[C@H]1c1ccc(OCC(=O)N(C)C)c(OCC)c1. The van der Waals surface area contributed by atoms with E-state index < -0.39 is 0 Å². The molecule has 0 saturated carbocycles. The second-order valence-corrected chi connectivity index (χ2v) is 7.31. The molecule has 0 aliphatic carbocycles. The Kier molecular flexibility index (Phi) is 6.82. The van der Waals surface area contributed by atoms with Gasteiger partial charge in [-0.25, -0.2) is 0 Å². The van der Waals surface area contributed by atoms with Crippen molar-refractivity contribution in [3.63, 3.8) is 0 Å². The zero-order chi connectivity index (χ0) is 21.7. The number of benzene rings is 2. The summed E-state index contributed by atoms with van der Waals surface area (Å²) in [5.41, 5.74) is 2.38. The summed E-state index contributed by atoms with van der Waals surface area (Å²) in [6.07, 6.45) is 0.530. The van der Waals surface area contributed by atoms with Crippen molar-refractivity contribution in [2.75, 3.05) is 39.2 Å². The summed E-state index contributed by atoms with van der Waals surface area (Å²) >= 11 is 0. The number of likely N-dealkylation sites (N-methyl/N-ethyl adjacent to an activating group) is 1. The number of para-hydroxylation sites is 1. The Balaban J connectivity index is 1.92. The van der Waals surface area contributed by atoms with E-state index in [-0.39, 0.29) is 24.6 Å². The number of carbonyl (C=O) groups excluding carboxylic acids is 2. The number of amides is 2. The first-order valence-electron chi connectivity index (χ1n) is 10.2. The first-order chi connectivity index (χ1) is 14.5. The number of anilines is 1. The molecule has 3 rings (SSSR count). The Morgan fingerprint density at radius 1 is 1.10 bits per heavy atom. The maximum Gasteiger partial charge on any atom is 0.259 e. The molecule has 1 aliphatic heterocycles. The molecule has 30 heavy (non-hydrogen) atoms. The fourth-order valence-corrected chi connectivity index (χ4v) is 3.38. The van der Waals surface area contributed by atoms with Crippen molar-refractivity contribution in [2.24, 2.45) is 0 Å². The van der Waals surface area contributed by atoms with Crippen LogP contribution in [0.2, 0.25) is 0 Å². The van der Waals surface area contributed by atoms with Gasteiger partial charge in [-0.15, -0.1) is 0 Å². The molecule has 1 aliphatic rings. The summed E-state index contributed by atoms with van der Waals surface area (Å²) < 4.78 is 11.5. The van der Waals surface area contributed by atoms with Gasteiger partial charge in [-0.3, -0.25) is 9.59 Å². The van der Waals surface area contributed by atoms with Crippen molar-refractivity contribution < 1.29 is 19.1 Å². The number of carbonyl (C=O) groups is 2. The summed E-state index contributed by atoms with van der Waals surface area (Å²) in [7, 11) is 3.37. The number of rotatable bonds is 8. The van der Waals surface area contributed by atoms with Gasteiger partial charge in [-0.1, -0.05) is 25.1 Å². The standard InChI is InChI=1S/C23H29N3O4/c1-5-13-26-22(24-18-10-8-7-9-17(18)23(26)28)16-11-12-19(20(14-16)29-6-2)30-15-21(27)25(3)4/h7-12,14,22,24H,5-6,13,15H2,1-4H3/t22-/m1/s1. The van der Waals surface area contributed by atoms with Gasteiger partial charge in [-0.05, 0) is 43.2 Å². The number of hydrogen-bond acceptors (Lipinski definition) is 5. The molecule has 2 aromatic carbocycles. The third kappa shape index (κ3) is 4.50.